The molecule has 0 rings (SSSR count). The first-order valence-corrected chi connectivity index (χ1v) is 4.02. The molecule has 15 heavy (non-hydrogen) atoms. The fourth-order valence-corrected chi connectivity index (χ4v) is 0.533. The zero-order chi connectivity index (χ0) is 12.0. The van der Waals surface area contributed by atoms with E-state index in [0.717, 1.165) is 0 Å². The number of hydrogen-bond acceptors (Lipinski definition) is 5. The molecule has 0 saturated heterocycles. The van der Waals surface area contributed by atoms with Gasteiger partial charge in [0.2, 0.25) is 5.91 Å². The van der Waals surface area contributed by atoms with Crippen LogP contribution in [-0.2, 0) is 19.2 Å². The summed E-state index contributed by atoms with van der Waals surface area (Å²) in [6, 6.07) is 0. The molecule has 7 nitrogen and oxygen atoms in total. The highest BCUT2D eigenvalue weighted by Crippen LogP contribution is 1.99. The molecular weight excluding hydrogens is 204 g/mol. The summed E-state index contributed by atoms with van der Waals surface area (Å²) >= 11 is 0. The molecule has 0 spiro atoms. The predicted octanol–water partition coefficient (Wildman–Crippen LogP) is -0.496. The van der Waals surface area contributed by atoms with E-state index in [1.54, 1.807) is 0 Å². The Morgan fingerprint density at radius 3 is 2.33 bits per heavy atom. The Morgan fingerprint density at radius 2 is 1.93 bits per heavy atom. The van der Waals surface area contributed by atoms with E-state index >= 15 is 0 Å². The molecule has 84 valence electrons. The van der Waals surface area contributed by atoms with Gasteiger partial charge in [0.25, 0.3) is 5.91 Å². The van der Waals surface area contributed by atoms with Crippen molar-refractivity contribution in [2.24, 2.45) is 5.73 Å². The summed E-state index contributed by atoms with van der Waals surface area (Å²) in [7, 11) is 0. The molecule has 0 aliphatic rings. The van der Waals surface area contributed by atoms with Crippen LogP contribution in [-0.4, -0.2) is 28.2 Å². The highest BCUT2D eigenvalue weighted by Gasteiger charge is 2.17. The largest absolute Gasteiger partial charge is 0.370 e. The van der Waals surface area contributed by atoms with Crippen LogP contribution in [0.4, 0.5) is 0 Å². The molecule has 0 unspecified atom stereocenters. The van der Waals surface area contributed by atoms with Gasteiger partial charge < -0.3 is 10.6 Å². The van der Waals surface area contributed by atoms with Crippen molar-refractivity contribution in [1.29, 1.82) is 0 Å². The summed E-state index contributed by atoms with van der Waals surface area (Å²) in [6.07, 6.45) is -0.574. The number of primary amides is 1. The highest BCUT2D eigenvalue weighted by atomic mass is 16.9. The van der Waals surface area contributed by atoms with Crippen LogP contribution in [0.25, 0.3) is 0 Å². The lowest BCUT2D eigenvalue weighted by molar-refractivity contribution is -0.295. The number of nitrogens with zero attached hydrogens (tertiary/aromatic N) is 1. The summed E-state index contributed by atoms with van der Waals surface area (Å²) in [5, 5.41) is 8.66. The third-order valence-electron chi connectivity index (χ3n) is 1.32. The quantitative estimate of drug-likeness (QED) is 0.374. The molecule has 0 aromatic rings. The molecule has 0 aliphatic carbocycles. The number of carbonyl (C=O) groups is 3. The molecule has 0 atom stereocenters. The molecule has 0 fully saturated rings. The molecule has 0 radical (unpaired) electrons. The SMILES string of the molecule is C=C(C)C(=O)ON(O)C(=O)CCC(N)=O. The van der Waals surface area contributed by atoms with E-state index in [9.17, 15) is 14.4 Å². The zero-order valence-electron chi connectivity index (χ0n) is 8.23. The van der Waals surface area contributed by atoms with E-state index in [-0.39, 0.29) is 23.6 Å². The minimum atomic E-state index is -0.941. The van der Waals surface area contributed by atoms with Gasteiger partial charge in [-0.05, 0) is 12.2 Å². The molecule has 0 saturated carbocycles. The normalized spacial score (nSPS) is 9.20. The Kier molecular flexibility index (Phi) is 5.03. The van der Waals surface area contributed by atoms with E-state index < -0.39 is 17.8 Å². The van der Waals surface area contributed by atoms with Crippen LogP contribution in [0.5, 0.6) is 0 Å². The summed E-state index contributed by atoms with van der Waals surface area (Å²) < 4.78 is 0. The number of hydrogen-bond donors (Lipinski definition) is 2. The van der Waals surface area contributed by atoms with Gasteiger partial charge in [0.15, 0.2) is 0 Å². The summed E-state index contributed by atoms with van der Waals surface area (Å²) in [5.74, 6) is -2.57. The van der Waals surface area contributed by atoms with Crippen molar-refractivity contribution in [3.05, 3.63) is 12.2 Å². The average Bonchev–Trinajstić information content (AvgIpc) is 2.13. The molecular formula is C8H12N2O5. The van der Waals surface area contributed by atoms with Gasteiger partial charge in [-0.3, -0.25) is 14.8 Å². The Morgan fingerprint density at radius 1 is 1.40 bits per heavy atom. The first kappa shape index (κ1) is 13.1. The van der Waals surface area contributed by atoms with Crippen LogP contribution >= 0.6 is 0 Å². The summed E-state index contributed by atoms with van der Waals surface area (Å²) in [6.45, 7) is 4.60. The van der Waals surface area contributed by atoms with E-state index in [1.807, 2.05) is 0 Å². The molecule has 2 amide bonds. The van der Waals surface area contributed by atoms with Gasteiger partial charge in [0, 0.05) is 18.4 Å². The molecule has 0 aromatic carbocycles. The lowest BCUT2D eigenvalue weighted by Crippen LogP contribution is -2.31. The third kappa shape index (κ3) is 5.42. The fourth-order valence-electron chi connectivity index (χ4n) is 0.533. The monoisotopic (exact) mass is 216 g/mol. The maximum Gasteiger partial charge on any atom is 0.361 e. The van der Waals surface area contributed by atoms with Crippen LogP contribution in [0.1, 0.15) is 19.8 Å². The first-order chi connectivity index (χ1) is 6.84. The van der Waals surface area contributed by atoms with Crippen LogP contribution in [0.2, 0.25) is 0 Å². The lowest BCUT2D eigenvalue weighted by atomic mass is 10.3. The average molecular weight is 216 g/mol. The maximum absolute atomic E-state index is 11.0. The fraction of sp³-hybridized carbons (Fsp3) is 0.375. The molecule has 0 aromatic heterocycles. The van der Waals surface area contributed by atoms with Gasteiger partial charge in [-0.25, -0.2) is 4.79 Å². The van der Waals surface area contributed by atoms with Gasteiger partial charge in [0.1, 0.15) is 0 Å². The van der Waals surface area contributed by atoms with Crippen molar-refractivity contribution in [2.75, 3.05) is 0 Å². The van der Waals surface area contributed by atoms with Crippen molar-refractivity contribution < 1.29 is 24.4 Å². The Labute approximate surface area is 86.0 Å². The number of hydroxylamine groups is 2. The summed E-state index contributed by atoms with van der Waals surface area (Å²) in [4.78, 5) is 36.3. The molecule has 7 heteroatoms. The minimum absolute atomic E-state index is 0.0248. The topological polar surface area (TPSA) is 110 Å². The van der Waals surface area contributed by atoms with Crippen LogP contribution in [0.3, 0.4) is 0 Å². The number of rotatable bonds is 4. The van der Waals surface area contributed by atoms with Gasteiger partial charge in [-0.1, -0.05) is 6.58 Å². The van der Waals surface area contributed by atoms with E-state index in [0.29, 0.717) is 0 Å². The highest BCUT2D eigenvalue weighted by molar-refractivity contribution is 5.88. The van der Waals surface area contributed by atoms with E-state index in [1.165, 1.54) is 6.92 Å². The smallest absolute Gasteiger partial charge is 0.361 e. The first-order valence-electron chi connectivity index (χ1n) is 4.02. The third-order valence-corrected chi connectivity index (χ3v) is 1.32. The van der Waals surface area contributed by atoms with Gasteiger partial charge >= 0.3 is 5.97 Å². The van der Waals surface area contributed by atoms with Crippen LogP contribution < -0.4 is 5.73 Å². The Hall–Kier alpha value is -1.89. The second-order valence-electron chi connectivity index (χ2n) is 2.79. The van der Waals surface area contributed by atoms with Crippen molar-refractivity contribution >= 4 is 17.8 Å². The van der Waals surface area contributed by atoms with Crippen LogP contribution in [0.15, 0.2) is 12.2 Å². The molecule has 3 N–H and O–H groups in total. The van der Waals surface area contributed by atoms with E-state index in [4.69, 9.17) is 10.9 Å². The number of amides is 2. The number of nitrogens with two attached hydrogens (primary N) is 1. The minimum Gasteiger partial charge on any atom is -0.370 e. The van der Waals surface area contributed by atoms with Crippen molar-refractivity contribution in [1.82, 2.24) is 5.23 Å². The van der Waals surface area contributed by atoms with E-state index in [2.05, 4.69) is 11.4 Å². The molecule has 0 heterocycles. The maximum atomic E-state index is 11.0. The van der Waals surface area contributed by atoms with Gasteiger partial charge in [-0.15, -0.1) is 0 Å². The number of carbonyl (C=O) groups excluding carboxylic acids is 3. The van der Waals surface area contributed by atoms with Gasteiger partial charge in [-0.2, -0.15) is 0 Å². The lowest BCUT2D eigenvalue weighted by Gasteiger charge is -2.12. The van der Waals surface area contributed by atoms with Gasteiger partial charge in [0.05, 0.1) is 0 Å². The molecule has 0 bridgehead atoms. The van der Waals surface area contributed by atoms with Crippen molar-refractivity contribution in [2.45, 2.75) is 19.8 Å². The van der Waals surface area contributed by atoms with Crippen LogP contribution in [0, 0.1) is 0 Å². The Bertz CT molecular complexity index is 299. The van der Waals surface area contributed by atoms with Crippen molar-refractivity contribution in [3.8, 4) is 0 Å². The molecule has 0 aliphatic heterocycles. The predicted molar refractivity (Wildman–Crippen MR) is 48.0 cm³/mol. The van der Waals surface area contributed by atoms with Crippen molar-refractivity contribution in [3.63, 3.8) is 0 Å². The standard InChI is InChI=1S/C8H12N2O5/c1-5(2)8(13)15-10(14)7(12)4-3-6(9)11/h14H,1,3-4H2,2H3,(H2,9,11). The summed E-state index contributed by atoms with van der Waals surface area (Å²) in [5.41, 5.74) is 4.80. The Balaban J connectivity index is 4.04. The second kappa shape index (κ2) is 5.76. The second-order valence-corrected chi connectivity index (χ2v) is 2.79. The zero-order valence-corrected chi connectivity index (χ0v) is 8.23.